The smallest absolute Gasteiger partial charge is 0.310 e. The molecule has 9 rings (SSSR count). The number of aryl methyl sites for hydroxylation is 3. The molecule has 100 heavy (non-hydrogen) atoms. The number of nitrogens with one attached hydrogen (secondary N) is 1. The molecule has 0 fully saturated rings. The molecule has 0 saturated carbocycles. The molecule has 0 amide bonds. The highest BCUT2D eigenvalue weighted by atomic mass is 16.4. The van der Waals surface area contributed by atoms with Crippen LogP contribution in [-0.4, -0.2) is 61.6 Å². The number of aromatic nitrogens is 8. The van der Waals surface area contributed by atoms with E-state index in [-0.39, 0.29) is 6.42 Å². The van der Waals surface area contributed by atoms with Gasteiger partial charge in [0.2, 0.25) is 0 Å². The summed E-state index contributed by atoms with van der Waals surface area (Å²) >= 11 is 0. The van der Waals surface area contributed by atoms with Crippen molar-refractivity contribution in [3.05, 3.63) is 93.5 Å². The Kier molecular flexibility index (Phi) is 31.5. The highest BCUT2D eigenvalue weighted by Gasteiger charge is 2.37. The summed E-state index contributed by atoms with van der Waals surface area (Å²) < 4.78 is 2.29. The molecule has 2 unspecified atom stereocenters. The summed E-state index contributed by atoms with van der Waals surface area (Å²) in [6.07, 6.45) is 46.8. The van der Waals surface area contributed by atoms with Gasteiger partial charge in [-0.25, -0.2) is 29.9 Å². The van der Waals surface area contributed by atoms with Gasteiger partial charge in [0.25, 0.3) is 0 Å². The van der Waals surface area contributed by atoms with E-state index in [1.54, 1.807) is 5.56 Å². The van der Waals surface area contributed by atoms with Gasteiger partial charge in [-0.3, -0.25) is 9.59 Å². The normalized spacial score (nSPS) is 12.6. The van der Waals surface area contributed by atoms with Crippen LogP contribution >= 0.6 is 0 Å². The molecule has 2 atom stereocenters. The van der Waals surface area contributed by atoms with Crippen LogP contribution in [0.25, 0.3) is 89.7 Å². The van der Waals surface area contributed by atoms with Crippen LogP contribution in [0.2, 0.25) is 0 Å². The van der Waals surface area contributed by atoms with Gasteiger partial charge in [-0.1, -0.05) is 297 Å². The highest BCUT2D eigenvalue weighted by molar-refractivity contribution is 6.10. The number of hydrogen-bond acceptors (Lipinski definition) is 8. The van der Waals surface area contributed by atoms with Gasteiger partial charge in [-0.15, -0.1) is 0 Å². The maximum absolute atomic E-state index is 14.1. The molecular formula is C88H126N8O4. The van der Waals surface area contributed by atoms with E-state index in [9.17, 15) is 19.8 Å². The molecule has 542 valence electrons. The largest absolute Gasteiger partial charge is 0.481 e. The van der Waals surface area contributed by atoms with Gasteiger partial charge >= 0.3 is 11.9 Å². The van der Waals surface area contributed by atoms with Gasteiger partial charge in [0.15, 0.2) is 23.3 Å². The van der Waals surface area contributed by atoms with Crippen LogP contribution in [-0.2, 0) is 48.2 Å². The van der Waals surface area contributed by atoms with Crippen LogP contribution in [0.1, 0.15) is 350 Å². The van der Waals surface area contributed by atoms with Crippen molar-refractivity contribution in [2.45, 2.75) is 350 Å². The summed E-state index contributed by atoms with van der Waals surface area (Å²) in [5.41, 5.74) is 14.2. The SMILES string of the molecule is CCCCCCCCc1c2c(cc(C(CC)C(=O)O)c1C(CC)C(=O)O)-c1nc-2nc2[nH]c(nc3nc(nc4c5ccccc5c(n1)n4CCCCCCCC)-c1ccccc1-3)c1c(CCCCCCCC)c(CCCCCCCC)c(CCCCCCCC)c(CCCCCCCC)c21. The lowest BCUT2D eigenvalue weighted by molar-refractivity contribution is -0.140. The maximum Gasteiger partial charge on any atom is 0.310 e. The molecule has 0 aliphatic carbocycles. The van der Waals surface area contributed by atoms with E-state index in [4.69, 9.17) is 29.9 Å². The van der Waals surface area contributed by atoms with Crippen molar-refractivity contribution in [2.24, 2.45) is 0 Å². The lowest BCUT2D eigenvalue weighted by Crippen LogP contribution is -2.21. The summed E-state index contributed by atoms with van der Waals surface area (Å²) in [5, 5.41) is 27.0. The Morgan fingerprint density at radius 1 is 0.370 bits per heavy atom. The number of benzene rings is 4. The third kappa shape index (κ3) is 19.5. The van der Waals surface area contributed by atoms with E-state index < -0.39 is 23.8 Å². The molecule has 0 spiro atoms. The van der Waals surface area contributed by atoms with Gasteiger partial charge in [0, 0.05) is 50.3 Å². The first-order valence-electron chi connectivity index (χ1n) is 40.9. The second-order valence-electron chi connectivity index (χ2n) is 29.6. The number of aromatic amines is 1. The van der Waals surface area contributed by atoms with Gasteiger partial charge in [0.1, 0.15) is 22.6 Å². The van der Waals surface area contributed by atoms with E-state index in [0.29, 0.717) is 65.0 Å². The lowest BCUT2D eigenvalue weighted by Gasteiger charge is -2.26. The predicted octanol–water partition coefficient (Wildman–Crippen LogP) is 25.4. The third-order valence-electron chi connectivity index (χ3n) is 22.0. The van der Waals surface area contributed by atoms with E-state index in [1.807, 2.05) is 19.9 Å². The monoisotopic (exact) mass is 1360 g/mol. The van der Waals surface area contributed by atoms with Gasteiger partial charge in [-0.2, -0.15) is 0 Å². The second kappa shape index (κ2) is 40.7. The standard InChI is InChI=1S/C88H126N8O4/c1-9-17-23-29-35-41-51-64-65(52-42-36-30-24-18-10-2)67(54-44-38-32-26-20-12-4)78-77(66(64)53-43-37-31-25-19-11-3)83-90-79-68-55-46-47-56-69(68)80(89-79)94-85-70-57-48-49-58-71(70)86(96(85)60-50-40-34-28-22-14-6)95-81-74-61-73(62(15-7)87(97)98)75(63(16-8)88(99)100)72(59-45-39-33-27-21-13-5)76(74)82(91-81)92-84(78)93-83/h46-49,55-58,61-63H,9-45,50-54,59-60H2,1-8H3,(H,97,98)(H,99,100)(H,89,90,91,92,93,94,95). The number of hydrogen-bond donors (Lipinski definition) is 3. The van der Waals surface area contributed by atoms with Gasteiger partial charge in [0.05, 0.1) is 11.8 Å². The van der Waals surface area contributed by atoms with Crippen LogP contribution in [0.5, 0.6) is 0 Å². The van der Waals surface area contributed by atoms with Crippen LogP contribution < -0.4 is 0 Å². The first kappa shape index (κ1) is 77.3. The van der Waals surface area contributed by atoms with E-state index in [0.717, 1.165) is 183 Å². The number of aliphatic carboxylic acids is 2. The van der Waals surface area contributed by atoms with Crippen LogP contribution in [0.3, 0.4) is 0 Å². The molecule has 5 heterocycles. The number of carboxylic acids is 2. The fourth-order valence-corrected chi connectivity index (χ4v) is 16.5. The minimum atomic E-state index is -0.972. The fourth-order valence-electron chi connectivity index (χ4n) is 16.5. The minimum Gasteiger partial charge on any atom is -0.481 e. The number of nitrogens with zero attached hydrogens (tertiary/aromatic N) is 7. The molecule has 7 aromatic rings. The Balaban J connectivity index is 1.51. The van der Waals surface area contributed by atoms with Gasteiger partial charge in [-0.05, 0) is 128 Å². The average molecular weight is 1360 g/mol. The zero-order valence-corrected chi connectivity index (χ0v) is 63.3. The minimum absolute atomic E-state index is 0.284. The molecule has 0 saturated heterocycles. The molecule has 12 nitrogen and oxygen atoms in total. The van der Waals surface area contributed by atoms with Crippen LogP contribution in [0.4, 0.5) is 0 Å². The lowest BCUT2D eigenvalue weighted by atomic mass is 9.77. The predicted molar refractivity (Wildman–Crippen MR) is 420 cm³/mol. The fraction of sp³-hybridized carbons (Fsp3) is 0.614. The third-order valence-corrected chi connectivity index (χ3v) is 22.0. The number of carboxylic acid groups (broad SMARTS) is 2. The molecule has 12 heteroatoms. The average Bonchev–Trinajstić information content (AvgIpc) is 1.54. The second-order valence-corrected chi connectivity index (χ2v) is 29.6. The van der Waals surface area contributed by atoms with E-state index in [1.165, 1.54) is 152 Å². The molecule has 0 radical (unpaired) electrons. The van der Waals surface area contributed by atoms with Crippen molar-refractivity contribution in [3.63, 3.8) is 0 Å². The van der Waals surface area contributed by atoms with Gasteiger partial charge < -0.3 is 19.8 Å². The van der Waals surface area contributed by atoms with Crippen LogP contribution in [0.15, 0.2) is 54.6 Å². The molecule has 2 aliphatic heterocycles. The van der Waals surface area contributed by atoms with Crippen molar-refractivity contribution >= 4 is 56.1 Å². The van der Waals surface area contributed by atoms with Crippen molar-refractivity contribution in [2.75, 3.05) is 0 Å². The maximum atomic E-state index is 14.1. The summed E-state index contributed by atoms with van der Waals surface area (Å²) in [4.78, 5) is 67.1. The summed E-state index contributed by atoms with van der Waals surface area (Å²) in [7, 11) is 0. The summed E-state index contributed by atoms with van der Waals surface area (Å²) in [5.74, 6) is -1.71. The zero-order valence-electron chi connectivity index (χ0n) is 63.3. The Morgan fingerprint density at radius 3 is 1.12 bits per heavy atom. The number of rotatable bonds is 48. The Hall–Kier alpha value is -6.82. The number of fused-ring (bicyclic) bond motifs is 20. The van der Waals surface area contributed by atoms with Crippen molar-refractivity contribution in [3.8, 4) is 45.6 Å². The highest BCUT2D eigenvalue weighted by Crippen LogP contribution is 2.48. The topological polar surface area (TPSA) is 173 Å². The van der Waals surface area contributed by atoms with E-state index >= 15 is 0 Å². The first-order valence-corrected chi connectivity index (χ1v) is 40.9. The Labute approximate surface area is 601 Å². The Bertz CT molecular complexity index is 3930. The summed E-state index contributed by atoms with van der Waals surface area (Å²) in [6, 6.07) is 18.9. The number of carbonyl (C=O) groups is 2. The van der Waals surface area contributed by atoms with Crippen molar-refractivity contribution < 1.29 is 19.8 Å². The molecule has 3 N–H and O–H groups in total. The zero-order chi connectivity index (χ0) is 70.6. The Morgan fingerprint density at radius 2 is 0.710 bits per heavy atom. The van der Waals surface area contributed by atoms with Crippen LogP contribution in [0, 0.1) is 0 Å². The molecule has 3 aromatic heterocycles. The van der Waals surface area contributed by atoms with Crippen molar-refractivity contribution in [1.82, 2.24) is 39.5 Å². The molecule has 4 aromatic carbocycles. The summed E-state index contributed by atoms with van der Waals surface area (Å²) in [6.45, 7) is 18.2. The van der Waals surface area contributed by atoms with Crippen molar-refractivity contribution in [1.29, 1.82) is 0 Å². The molecular weight excluding hydrogens is 1230 g/mol. The molecule has 2 aliphatic rings. The molecule has 8 bridgehead atoms. The van der Waals surface area contributed by atoms with E-state index in [2.05, 4.69) is 99.6 Å². The number of H-pyrrole nitrogens is 1. The number of unbranched alkanes of at least 4 members (excludes halogenated alkanes) is 30. The first-order chi connectivity index (χ1) is 49.1. The quantitative estimate of drug-likeness (QED) is 0.0312.